The van der Waals surface area contributed by atoms with Crippen LogP contribution in [0.3, 0.4) is 0 Å². The Labute approximate surface area is 90.9 Å². The number of alkyl halides is 3. The maximum atomic E-state index is 11.1. The van der Waals surface area contributed by atoms with Gasteiger partial charge in [0.1, 0.15) is 0 Å². The lowest BCUT2D eigenvalue weighted by Gasteiger charge is -2.33. The monoisotopic (exact) mass is 246 g/mol. The van der Waals surface area contributed by atoms with Crippen molar-refractivity contribution in [1.82, 2.24) is 0 Å². The highest BCUT2D eigenvalue weighted by atomic mass is 35.6. The summed E-state index contributed by atoms with van der Waals surface area (Å²) in [6.45, 7) is 1.57. The second kappa shape index (κ2) is 3.81. The highest BCUT2D eigenvalue weighted by molar-refractivity contribution is 6.68. The first kappa shape index (κ1) is 11.4. The summed E-state index contributed by atoms with van der Waals surface area (Å²) in [5.41, 5.74) is 0. The van der Waals surface area contributed by atoms with Crippen molar-refractivity contribution in [2.45, 2.75) is 29.3 Å². The van der Waals surface area contributed by atoms with Crippen molar-refractivity contribution in [3.05, 3.63) is 0 Å². The molecule has 3 atom stereocenters. The third-order valence-corrected chi connectivity index (χ3v) is 2.76. The first-order chi connectivity index (χ1) is 5.82. The van der Waals surface area contributed by atoms with E-state index in [-0.39, 0.29) is 6.42 Å². The number of aliphatic hydroxyl groups excluding tert-OH is 1. The quantitative estimate of drug-likeness (QED) is 0.523. The summed E-state index contributed by atoms with van der Waals surface area (Å²) >= 11 is 16.6. The number of cyclic esters (lactones) is 1. The molecule has 0 radical (unpaired) electrons. The molecular weight excluding hydrogens is 238 g/mol. The van der Waals surface area contributed by atoms with Crippen LogP contribution in [-0.2, 0) is 9.53 Å². The minimum Gasteiger partial charge on any atom is -0.457 e. The molecule has 0 aromatic carbocycles. The molecule has 0 aliphatic carbocycles. The van der Waals surface area contributed by atoms with Crippen molar-refractivity contribution in [3.63, 3.8) is 0 Å². The number of hydrogen-bond acceptors (Lipinski definition) is 3. The molecule has 6 heteroatoms. The van der Waals surface area contributed by atoms with E-state index in [0.29, 0.717) is 0 Å². The molecule has 1 rings (SSSR count). The normalized spacial score (nSPS) is 35.8. The third-order valence-electron chi connectivity index (χ3n) is 2.03. The summed E-state index contributed by atoms with van der Waals surface area (Å²) in [6.07, 6.45) is -1.51. The van der Waals surface area contributed by atoms with Crippen molar-refractivity contribution in [2.24, 2.45) is 5.92 Å². The van der Waals surface area contributed by atoms with E-state index in [1.165, 1.54) is 0 Å². The largest absolute Gasteiger partial charge is 0.457 e. The number of ether oxygens (including phenoxy) is 1. The van der Waals surface area contributed by atoms with Crippen molar-refractivity contribution in [1.29, 1.82) is 0 Å². The second-order valence-electron chi connectivity index (χ2n) is 3.06. The lowest BCUT2D eigenvalue weighted by atomic mass is 9.96. The predicted octanol–water partition coefficient (Wildman–Crippen LogP) is 1.67. The Balaban J connectivity index is 2.69. The van der Waals surface area contributed by atoms with Crippen molar-refractivity contribution in [2.75, 3.05) is 0 Å². The molecule has 0 saturated carbocycles. The van der Waals surface area contributed by atoms with E-state index in [1.807, 2.05) is 0 Å². The number of carbonyl (C=O) groups is 1. The van der Waals surface area contributed by atoms with Crippen LogP contribution in [0.25, 0.3) is 0 Å². The van der Waals surface area contributed by atoms with Crippen LogP contribution < -0.4 is 0 Å². The maximum Gasteiger partial charge on any atom is 0.311 e. The fraction of sp³-hybridized carbons (Fsp3) is 0.857. The minimum atomic E-state index is -1.67. The molecule has 13 heavy (non-hydrogen) atoms. The van der Waals surface area contributed by atoms with Gasteiger partial charge in [0.05, 0.1) is 12.0 Å². The van der Waals surface area contributed by atoms with E-state index in [0.717, 1.165) is 0 Å². The van der Waals surface area contributed by atoms with Gasteiger partial charge in [-0.1, -0.05) is 34.8 Å². The molecule has 1 fully saturated rings. The molecule has 0 spiro atoms. The number of aliphatic hydroxyl groups is 1. The third kappa shape index (κ3) is 2.62. The Morgan fingerprint density at radius 1 is 1.54 bits per heavy atom. The summed E-state index contributed by atoms with van der Waals surface area (Å²) in [6, 6.07) is 0. The van der Waals surface area contributed by atoms with Gasteiger partial charge in [-0.2, -0.15) is 0 Å². The first-order valence-corrected chi connectivity index (χ1v) is 4.91. The Morgan fingerprint density at radius 3 is 2.46 bits per heavy atom. The fourth-order valence-electron chi connectivity index (χ4n) is 1.08. The summed E-state index contributed by atoms with van der Waals surface area (Å²) in [5.74, 6) is -1.08. The SMILES string of the molecule is C[C@H]1C(=O)O[C@@H](C(Cl)(Cl)Cl)C[C@@H]1O. The topological polar surface area (TPSA) is 46.5 Å². The zero-order chi connectivity index (χ0) is 10.2. The average Bonchev–Trinajstić information content (AvgIpc) is 1.97. The van der Waals surface area contributed by atoms with Gasteiger partial charge in [0, 0.05) is 6.42 Å². The summed E-state index contributed by atoms with van der Waals surface area (Å²) in [7, 11) is 0. The number of rotatable bonds is 0. The molecular formula is C7H9Cl3O3. The molecule has 0 aromatic heterocycles. The molecule has 0 amide bonds. The van der Waals surface area contributed by atoms with Crippen LogP contribution in [0.4, 0.5) is 0 Å². The standard InChI is InChI=1S/C7H9Cl3O3/c1-3-4(11)2-5(7(8,9)10)13-6(3)12/h3-5,11H,2H2,1H3/t3-,4+,5-/m1/s1. The highest BCUT2D eigenvalue weighted by Gasteiger charge is 2.44. The van der Waals surface area contributed by atoms with Gasteiger partial charge >= 0.3 is 5.97 Å². The zero-order valence-corrected chi connectivity index (χ0v) is 9.10. The van der Waals surface area contributed by atoms with Gasteiger partial charge in [-0.3, -0.25) is 4.79 Å². The fourth-order valence-corrected chi connectivity index (χ4v) is 1.48. The molecule has 1 aliphatic rings. The van der Waals surface area contributed by atoms with Gasteiger partial charge in [-0.05, 0) is 6.92 Å². The molecule has 1 heterocycles. The summed E-state index contributed by atoms with van der Waals surface area (Å²) < 4.78 is 3.17. The number of hydrogen-bond donors (Lipinski definition) is 1. The van der Waals surface area contributed by atoms with Crippen LogP contribution in [-0.4, -0.2) is 27.1 Å². The molecule has 0 bridgehead atoms. The Morgan fingerprint density at radius 2 is 2.08 bits per heavy atom. The zero-order valence-electron chi connectivity index (χ0n) is 6.84. The molecule has 3 nitrogen and oxygen atoms in total. The minimum absolute atomic E-state index is 0.156. The molecule has 1 aliphatic heterocycles. The molecule has 1 saturated heterocycles. The van der Waals surface area contributed by atoms with E-state index >= 15 is 0 Å². The van der Waals surface area contributed by atoms with E-state index in [4.69, 9.17) is 39.5 Å². The first-order valence-electron chi connectivity index (χ1n) is 3.77. The average molecular weight is 248 g/mol. The van der Waals surface area contributed by atoms with Crippen molar-refractivity contribution >= 4 is 40.8 Å². The maximum absolute atomic E-state index is 11.1. The van der Waals surface area contributed by atoms with Crippen molar-refractivity contribution < 1.29 is 14.6 Å². The Hall–Kier alpha value is 0.300. The number of halogens is 3. The Kier molecular flexibility index (Phi) is 3.33. The Bertz CT molecular complexity index is 214. The molecule has 0 unspecified atom stereocenters. The van der Waals surface area contributed by atoms with Crippen LogP contribution in [0.1, 0.15) is 13.3 Å². The van der Waals surface area contributed by atoms with Gasteiger partial charge in [-0.25, -0.2) is 0 Å². The predicted molar refractivity (Wildman–Crippen MR) is 50.0 cm³/mol. The van der Waals surface area contributed by atoms with Gasteiger partial charge < -0.3 is 9.84 Å². The molecule has 76 valence electrons. The van der Waals surface area contributed by atoms with Crippen molar-refractivity contribution in [3.8, 4) is 0 Å². The van der Waals surface area contributed by atoms with Gasteiger partial charge in [0.25, 0.3) is 0 Å². The van der Waals surface area contributed by atoms with Crippen LogP contribution in [0, 0.1) is 5.92 Å². The number of esters is 1. The van der Waals surface area contributed by atoms with Crippen LogP contribution in [0.2, 0.25) is 0 Å². The van der Waals surface area contributed by atoms with Gasteiger partial charge in [0.2, 0.25) is 3.79 Å². The summed E-state index contributed by atoms with van der Waals surface area (Å²) in [4.78, 5) is 11.1. The van der Waals surface area contributed by atoms with E-state index < -0.39 is 27.9 Å². The molecule has 0 aromatic rings. The van der Waals surface area contributed by atoms with Crippen LogP contribution in [0.5, 0.6) is 0 Å². The van der Waals surface area contributed by atoms with Gasteiger partial charge in [-0.15, -0.1) is 0 Å². The number of carbonyl (C=O) groups excluding carboxylic acids is 1. The van der Waals surface area contributed by atoms with Crippen LogP contribution >= 0.6 is 34.8 Å². The van der Waals surface area contributed by atoms with Gasteiger partial charge in [0.15, 0.2) is 6.10 Å². The second-order valence-corrected chi connectivity index (χ2v) is 5.43. The molecule has 1 N–H and O–H groups in total. The van der Waals surface area contributed by atoms with Crippen LogP contribution in [0.15, 0.2) is 0 Å². The van der Waals surface area contributed by atoms with E-state index in [2.05, 4.69) is 0 Å². The lowest BCUT2D eigenvalue weighted by molar-refractivity contribution is -0.168. The highest BCUT2D eigenvalue weighted by Crippen LogP contribution is 2.38. The van der Waals surface area contributed by atoms with E-state index in [9.17, 15) is 9.90 Å². The lowest BCUT2D eigenvalue weighted by Crippen LogP contribution is -2.45. The van der Waals surface area contributed by atoms with E-state index in [1.54, 1.807) is 6.92 Å². The smallest absolute Gasteiger partial charge is 0.311 e. The summed E-state index contributed by atoms with van der Waals surface area (Å²) in [5, 5.41) is 9.41.